The average Bonchev–Trinajstić information content (AvgIpc) is 3.36. The Hall–Kier alpha value is -1.66. The number of aliphatic hydroxyl groups excluding tert-OH is 2. The van der Waals surface area contributed by atoms with E-state index >= 15 is 0 Å². The summed E-state index contributed by atoms with van der Waals surface area (Å²) in [5.74, 6) is -0.0648. The van der Waals surface area contributed by atoms with Gasteiger partial charge in [-0.15, -0.1) is 0 Å². The molecule has 70 heavy (non-hydrogen) atoms. The van der Waals surface area contributed by atoms with Crippen LogP contribution in [0.5, 0.6) is 0 Å². The van der Waals surface area contributed by atoms with Gasteiger partial charge >= 0.3 is 5.97 Å². The molecule has 0 aromatic carbocycles. The van der Waals surface area contributed by atoms with Gasteiger partial charge in [0.1, 0.15) is 0 Å². The fraction of sp³-hybridized carbons (Fsp3) is 0.906. The Kier molecular flexibility index (Phi) is 58.5. The van der Waals surface area contributed by atoms with Gasteiger partial charge in [0, 0.05) is 12.8 Å². The van der Waals surface area contributed by atoms with Crippen molar-refractivity contribution in [2.75, 3.05) is 13.2 Å². The van der Waals surface area contributed by atoms with Crippen LogP contribution in [0, 0.1) is 0 Å². The highest BCUT2D eigenvalue weighted by molar-refractivity contribution is 5.76. The van der Waals surface area contributed by atoms with Crippen molar-refractivity contribution in [1.29, 1.82) is 0 Å². The molecule has 0 saturated heterocycles. The molecule has 0 aliphatic rings. The Labute approximate surface area is 437 Å². The minimum atomic E-state index is -0.850. The van der Waals surface area contributed by atoms with E-state index in [2.05, 4.69) is 31.3 Å². The molecule has 2 unspecified atom stereocenters. The van der Waals surface area contributed by atoms with Crippen LogP contribution >= 0.6 is 0 Å². The summed E-state index contributed by atoms with van der Waals surface area (Å²) >= 11 is 0. The Morgan fingerprint density at radius 2 is 0.671 bits per heavy atom. The number of unbranched alkanes of at least 4 members (excludes halogenated alkanes) is 46. The van der Waals surface area contributed by atoms with Crippen molar-refractivity contribution in [1.82, 2.24) is 5.32 Å². The zero-order valence-electron chi connectivity index (χ0n) is 47.3. The van der Waals surface area contributed by atoms with Gasteiger partial charge in [-0.25, -0.2) is 0 Å². The van der Waals surface area contributed by atoms with Crippen LogP contribution in [-0.4, -0.2) is 47.4 Å². The van der Waals surface area contributed by atoms with E-state index in [1.54, 1.807) is 6.08 Å². The minimum Gasteiger partial charge on any atom is -0.466 e. The highest BCUT2D eigenvalue weighted by Crippen LogP contribution is 2.17. The Bertz CT molecular complexity index is 1090. The summed E-state index contributed by atoms with van der Waals surface area (Å²) in [6.45, 7) is 4.92. The standard InChI is InChI=1S/C64H123NO5/c1-3-5-7-9-11-13-15-17-19-25-28-32-36-40-44-48-52-56-62(67)61(60-66)65-63(68)57-53-49-45-41-37-33-29-26-23-21-22-24-27-31-35-39-43-47-51-55-59-70-64(69)58-54-50-46-42-38-34-30-20-18-16-14-12-10-8-6-4-2/h21,23,52,56,61-62,66-67H,3-20,22,24-51,53-55,57-60H2,1-2H3,(H,65,68)/b23-21-,56-52+. The van der Waals surface area contributed by atoms with Gasteiger partial charge < -0.3 is 20.3 Å². The van der Waals surface area contributed by atoms with Gasteiger partial charge in [0.05, 0.1) is 25.4 Å². The normalized spacial score (nSPS) is 12.7. The zero-order chi connectivity index (χ0) is 50.7. The first-order chi connectivity index (χ1) is 34.5. The number of carbonyl (C=O) groups is 2. The van der Waals surface area contributed by atoms with Crippen LogP contribution < -0.4 is 5.32 Å². The molecule has 0 fully saturated rings. The molecule has 2 atom stereocenters. The average molecular weight is 987 g/mol. The molecule has 0 aliphatic carbocycles. The molecule has 414 valence electrons. The second kappa shape index (κ2) is 59.9. The van der Waals surface area contributed by atoms with Crippen LogP contribution in [0.15, 0.2) is 24.3 Å². The van der Waals surface area contributed by atoms with Crippen molar-refractivity contribution in [3.05, 3.63) is 24.3 Å². The Balaban J connectivity index is 3.44. The van der Waals surface area contributed by atoms with Crippen molar-refractivity contribution in [2.24, 2.45) is 0 Å². The molecule has 0 heterocycles. The summed E-state index contributed by atoms with van der Waals surface area (Å²) in [4.78, 5) is 24.6. The number of aliphatic hydroxyl groups is 2. The monoisotopic (exact) mass is 986 g/mol. The molecule has 0 radical (unpaired) electrons. The third kappa shape index (κ3) is 55.7. The molecule has 0 aromatic rings. The molecule has 6 nitrogen and oxygen atoms in total. The summed E-state index contributed by atoms with van der Waals surface area (Å²) in [6, 6.07) is -0.634. The molecule has 6 heteroatoms. The van der Waals surface area contributed by atoms with Crippen LogP contribution in [0.2, 0.25) is 0 Å². The molecule has 0 bridgehead atoms. The van der Waals surface area contributed by atoms with E-state index in [4.69, 9.17) is 4.74 Å². The third-order valence-corrected chi connectivity index (χ3v) is 14.7. The van der Waals surface area contributed by atoms with Crippen molar-refractivity contribution in [3.8, 4) is 0 Å². The fourth-order valence-corrected chi connectivity index (χ4v) is 9.87. The lowest BCUT2D eigenvalue weighted by Gasteiger charge is -2.20. The zero-order valence-corrected chi connectivity index (χ0v) is 47.3. The lowest BCUT2D eigenvalue weighted by molar-refractivity contribution is -0.143. The number of rotatable bonds is 59. The quantitative estimate of drug-likeness (QED) is 0.0321. The predicted molar refractivity (Wildman–Crippen MR) is 306 cm³/mol. The lowest BCUT2D eigenvalue weighted by atomic mass is 10.0. The highest BCUT2D eigenvalue weighted by atomic mass is 16.5. The molecule has 1 amide bonds. The number of ether oxygens (including phenoxy) is 1. The molecule has 0 aliphatic heterocycles. The van der Waals surface area contributed by atoms with Gasteiger partial charge in [-0.05, 0) is 57.8 Å². The number of allylic oxidation sites excluding steroid dienone is 3. The van der Waals surface area contributed by atoms with E-state index in [0.29, 0.717) is 19.4 Å². The molecule has 3 N–H and O–H groups in total. The Morgan fingerprint density at radius 1 is 0.386 bits per heavy atom. The maximum Gasteiger partial charge on any atom is 0.305 e. The second-order valence-corrected chi connectivity index (χ2v) is 21.7. The Morgan fingerprint density at radius 3 is 1.01 bits per heavy atom. The first kappa shape index (κ1) is 68.3. The SMILES string of the molecule is CCCCCCCCCCCCCCCCC/C=C/C(O)C(CO)NC(=O)CCCCCCCCC/C=C\CCCCCCCCCCCOC(=O)CCCCCCCCCCCCCCCCCC. The molecule has 0 aromatic heterocycles. The van der Waals surface area contributed by atoms with Crippen LogP contribution in [0.3, 0.4) is 0 Å². The predicted octanol–water partition coefficient (Wildman–Crippen LogP) is 19.8. The lowest BCUT2D eigenvalue weighted by Crippen LogP contribution is -2.45. The van der Waals surface area contributed by atoms with Crippen molar-refractivity contribution < 1.29 is 24.5 Å². The van der Waals surface area contributed by atoms with Crippen LogP contribution in [0.25, 0.3) is 0 Å². The fourth-order valence-electron chi connectivity index (χ4n) is 9.87. The number of nitrogens with one attached hydrogen (secondary N) is 1. The molecule has 0 spiro atoms. The van der Waals surface area contributed by atoms with Crippen LogP contribution in [0.4, 0.5) is 0 Å². The number of esters is 1. The number of hydrogen-bond acceptors (Lipinski definition) is 5. The molecular weight excluding hydrogens is 863 g/mol. The number of carbonyl (C=O) groups excluding carboxylic acids is 2. The highest BCUT2D eigenvalue weighted by Gasteiger charge is 2.18. The van der Waals surface area contributed by atoms with Gasteiger partial charge in [-0.2, -0.15) is 0 Å². The van der Waals surface area contributed by atoms with E-state index < -0.39 is 12.1 Å². The first-order valence-electron chi connectivity index (χ1n) is 31.6. The largest absolute Gasteiger partial charge is 0.466 e. The third-order valence-electron chi connectivity index (χ3n) is 14.7. The maximum atomic E-state index is 12.5. The van der Waals surface area contributed by atoms with Crippen LogP contribution in [0.1, 0.15) is 348 Å². The number of hydrogen-bond donors (Lipinski definition) is 3. The van der Waals surface area contributed by atoms with E-state index in [1.807, 2.05) is 6.08 Å². The number of amides is 1. The van der Waals surface area contributed by atoms with Gasteiger partial charge in [-0.1, -0.05) is 301 Å². The summed E-state index contributed by atoms with van der Waals surface area (Å²) < 4.78 is 5.49. The van der Waals surface area contributed by atoms with Crippen molar-refractivity contribution in [3.63, 3.8) is 0 Å². The van der Waals surface area contributed by atoms with E-state index in [0.717, 1.165) is 44.9 Å². The van der Waals surface area contributed by atoms with Gasteiger partial charge in [0.2, 0.25) is 5.91 Å². The van der Waals surface area contributed by atoms with Crippen LogP contribution in [-0.2, 0) is 14.3 Å². The summed E-state index contributed by atoms with van der Waals surface area (Å²) in [5, 5.41) is 23.2. The first-order valence-corrected chi connectivity index (χ1v) is 31.6. The summed E-state index contributed by atoms with van der Waals surface area (Å²) in [5.41, 5.74) is 0. The summed E-state index contributed by atoms with van der Waals surface area (Å²) in [7, 11) is 0. The van der Waals surface area contributed by atoms with Gasteiger partial charge in [0.25, 0.3) is 0 Å². The minimum absolute atomic E-state index is 0.00944. The molecular formula is C64H123NO5. The van der Waals surface area contributed by atoms with Crippen molar-refractivity contribution in [2.45, 2.75) is 360 Å². The second-order valence-electron chi connectivity index (χ2n) is 21.7. The summed E-state index contributed by atoms with van der Waals surface area (Å²) in [6.07, 6.45) is 73.6. The van der Waals surface area contributed by atoms with Gasteiger partial charge in [-0.3, -0.25) is 9.59 Å². The van der Waals surface area contributed by atoms with E-state index in [9.17, 15) is 19.8 Å². The molecule has 0 rings (SSSR count). The van der Waals surface area contributed by atoms with E-state index in [-0.39, 0.29) is 18.5 Å². The van der Waals surface area contributed by atoms with E-state index in [1.165, 1.54) is 276 Å². The van der Waals surface area contributed by atoms with Gasteiger partial charge in [0.15, 0.2) is 0 Å². The smallest absolute Gasteiger partial charge is 0.305 e. The maximum absolute atomic E-state index is 12.5. The van der Waals surface area contributed by atoms with Crippen molar-refractivity contribution >= 4 is 11.9 Å². The topological polar surface area (TPSA) is 95.9 Å². The molecule has 0 saturated carbocycles.